The Balaban J connectivity index is 3.81. The van der Waals surface area contributed by atoms with Crippen molar-refractivity contribution in [2.75, 3.05) is 5.75 Å². The smallest absolute Gasteiger partial charge is 0.264 e. The van der Waals surface area contributed by atoms with Crippen molar-refractivity contribution >= 4 is 16.0 Å². The standard InChI is InChI=1S/C8H17NO4S/c1-8(2,7(9)10)5-3-4-6-14(11,12)13/h3-6H2,1-2H3,(H2,9,10)(H,11,12,13). The molecule has 0 radical (unpaired) electrons. The molecular weight excluding hydrogens is 206 g/mol. The first-order valence-corrected chi connectivity index (χ1v) is 6.01. The highest BCUT2D eigenvalue weighted by atomic mass is 32.2. The van der Waals surface area contributed by atoms with E-state index in [0.717, 1.165) is 0 Å². The lowest BCUT2D eigenvalue weighted by Crippen LogP contribution is -2.31. The van der Waals surface area contributed by atoms with Crippen LogP contribution in [0.15, 0.2) is 0 Å². The Hall–Kier alpha value is -0.620. The van der Waals surface area contributed by atoms with Crippen LogP contribution in [0.1, 0.15) is 33.1 Å². The number of hydrogen-bond acceptors (Lipinski definition) is 3. The van der Waals surface area contributed by atoms with Crippen molar-refractivity contribution < 1.29 is 17.8 Å². The fraction of sp³-hybridized carbons (Fsp3) is 0.875. The molecule has 5 nitrogen and oxygen atoms in total. The number of rotatable bonds is 6. The van der Waals surface area contributed by atoms with E-state index in [1.165, 1.54) is 0 Å². The van der Waals surface area contributed by atoms with Gasteiger partial charge in [0.05, 0.1) is 5.75 Å². The highest BCUT2D eigenvalue weighted by molar-refractivity contribution is 7.85. The summed E-state index contributed by atoms with van der Waals surface area (Å²) >= 11 is 0. The predicted octanol–water partition coefficient (Wildman–Crippen LogP) is 0.556. The molecule has 6 heteroatoms. The molecule has 0 unspecified atom stereocenters. The molecule has 3 N–H and O–H groups in total. The number of carbonyl (C=O) groups excluding carboxylic acids is 1. The lowest BCUT2D eigenvalue weighted by atomic mass is 9.87. The van der Waals surface area contributed by atoms with Gasteiger partial charge >= 0.3 is 0 Å². The molecule has 0 heterocycles. The molecule has 0 atom stereocenters. The van der Waals surface area contributed by atoms with Crippen LogP contribution in [0, 0.1) is 5.41 Å². The van der Waals surface area contributed by atoms with Gasteiger partial charge in [-0.15, -0.1) is 0 Å². The van der Waals surface area contributed by atoms with E-state index >= 15 is 0 Å². The summed E-state index contributed by atoms with van der Waals surface area (Å²) in [6, 6.07) is 0. The van der Waals surface area contributed by atoms with Crippen molar-refractivity contribution in [1.82, 2.24) is 0 Å². The average molecular weight is 223 g/mol. The summed E-state index contributed by atoms with van der Waals surface area (Å²) in [7, 11) is -3.88. The van der Waals surface area contributed by atoms with Gasteiger partial charge < -0.3 is 5.73 Å². The van der Waals surface area contributed by atoms with Gasteiger partial charge in [-0.3, -0.25) is 9.35 Å². The lowest BCUT2D eigenvalue weighted by Gasteiger charge is -2.19. The molecule has 0 aromatic heterocycles. The SMILES string of the molecule is CC(C)(CCCCS(=O)(=O)O)C(N)=O. The summed E-state index contributed by atoms with van der Waals surface area (Å²) in [6.45, 7) is 3.42. The quantitative estimate of drug-likeness (QED) is 0.507. The molecule has 14 heavy (non-hydrogen) atoms. The monoisotopic (exact) mass is 223 g/mol. The Morgan fingerprint density at radius 2 is 1.86 bits per heavy atom. The second kappa shape index (κ2) is 4.75. The summed E-state index contributed by atoms with van der Waals surface area (Å²) in [4.78, 5) is 10.9. The molecule has 0 spiro atoms. The molecule has 0 aromatic carbocycles. The van der Waals surface area contributed by atoms with Crippen molar-refractivity contribution in [3.05, 3.63) is 0 Å². The van der Waals surface area contributed by atoms with Gasteiger partial charge in [0.15, 0.2) is 0 Å². The maximum atomic E-state index is 10.9. The second-order valence-electron chi connectivity index (χ2n) is 3.99. The van der Waals surface area contributed by atoms with Crippen LogP contribution in [0.2, 0.25) is 0 Å². The Kier molecular flexibility index (Phi) is 4.54. The molecule has 0 aliphatic rings. The molecule has 0 rings (SSSR count). The minimum absolute atomic E-state index is 0.262. The number of hydrogen-bond donors (Lipinski definition) is 2. The predicted molar refractivity (Wildman–Crippen MR) is 53.2 cm³/mol. The largest absolute Gasteiger partial charge is 0.369 e. The van der Waals surface area contributed by atoms with E-state index in [0.29, 0.717) is 19.3 Å². The normalized spacial score (nSPS) is 12.8. The summed E-state index contributed by atoms with van der Waals surface area (Å²) in [5, 5.41) is 0. The van der Waals surface area contributed by atoms with Gasteiger partial charge in [-0.25, -0.2) is 0 Å². The van der Waals surface area contributed by atoms with Crippen molar-refractivity contribution in [3.63, 3.8) is 0 Å². The van der Waals surface area contributed by atoms with Crippen LogP contribution in [0.4, 0.5) is 0 Å². The third-order valence-corrected chi connectivity index (χ3v) is 2.93. The van der Waals surface area contributed by atoms with Gasteiger partial charge in [0.1, 0.15) is 0 Å². The Morgan fingerprint density at radius 3 is 2.21 bits per heavy atom. The minimum atomic E-state index is -3.88. The maximum absolute atomic E-state index is 10.9. The van der Waals surface area contributed by atoms with Crippen LogP contribution < -0.4 is 5.73 Å². The number of primary amides is 1. The van der Waals surface area contributed by atoms with Crippen LogP contribution in [0.25, 0.3) is 0 Å². The van der Waals surface area contributed by atoms with Crippen LogP contribution in [-0.2, 0) is 14.9 Å². The molecule has 0 saturated carbocycles. The van der Waals surface area contributed by atoms with E-state index < -0.39 is 21.4 Å². The number of unbranched alkanes of at least 4 members (excludes halogenated alkanes) is 1. The van der Waals surface area contributed by atoms with Crippen LogP contribution >= 0.6 is 0 Å². The minimum Gasteiger partial charge on any atom is -0.369 e. The second-order valence-corrected chi connectivity index (χ2v) is 5.56. The molecule has 0 bridgehead atoms. The van der Waals surface area contributed by atoms with E-state index in [1.54, 1.807) is 13.8 Å². The van der Waals surface area contributed by atoms with Crippen LogP contribution in [0.5, 0.6) is 0 Å². The molecule has 0 aliphatic heterocycles. The lowest BCUT2D eigenvalue weighted by molar-refractivity contribution is -0.126. The van der Waals surface area contributed by atoms with E-state index in [4.69, 9.17) is 10.3 Å². The molecule has 0 aliphatic carbocycles. The third kappa shape index (κ3) is 5.93. The zero-order valence-corrected chi connectivity index (χ0v) is 9.30. The fourth-order valence-corrected chi connectivity index (χ4v) is 1.54. The molecular formula is C8H17NO4S. The van der Waals surface area contributed by atoms with Crippen LogP contribution in [0.3, 0.4) is 0 Å². The molecule has 0 fully saturated rings. The molecule has 1 amide bonds. The van der Waals surface area contributed by atoms with Gasteiger partial charge in [-0.1, -0.05) is 20.3 Å². The Labute approximate surface area is 84.4 Å². The Bertz CT molecular complexity index is 294. The fourth-order valence-electron chi connectivity index (χ4n) is 0.975. The van der Waals surface area contributed by atoms with Gasteiger partial charge in [0, 0.05) is 5.41 Å². The molecule has 84 valence electrons. The summed E-state index contributed by atoms with van der Waals surface area (Å²) in [5.74, 6) is -0.661. The van der Waals surface area contributed by atoms with Gasteiger partial charge in [-0.05, 0) is 12.8 Å². The number of carbonyl (C=O) groups is 1. The van der Waals surface area contributed by atoms with E-state index in [2.05, 4.69) is 0 Å². The first-order valence-electron chi connectivity index (χ1n) is 4.40. The van der Waals surface area contributed by atoms with E-state index in [-0.39, 0.29) is 5.75 Å². The number of amides is 1. The summed E-state index contributed by atoms with van der Waals surface area (Å²) < 4.78 is 29.1. The first-order chi connectivity index (χ1) is 6.15. The van der Waals surface area contributed by atoms with Crippen molar-refractivity contribution in [1.29, 1.82) is 0 Å². The molecule has 0 saturated heterocycles. The van der Waals surface area contributed by atoms with Crippen LogP contribution in [-0.4, -0.2) is 24.6 Å². The van der Waals surface area contributed by atoms with Gasteiger partial charge in [-0.2, -0.15) is 8.42 Å². The van der Waals surface area contributed by atoms with Crippen molar-refractivity contribution in [2.45, 2.75) is 33.1 Å². The summed E-state index contributed by atoms with van der Waals surface area (Å²) in [5.41, 5.74) is 4.52. The number of nitrogens with two attached hydrogens (primary N) is 1. The van der Waals surface area contributed by atoms with Gasteiger partial charge in [0.2, 0.25) is 5.91 Å². The molecule has 0 aromatic rings. The van der Waals surface area contributed by atoms with E-state index in [1.807, 2.05) is 0 Å². The maximum Gasteiger partial charge on any atom is 0.264 e. The average Bonchev–Trinajstić information content (AvgIpc) is 1.96. The summed E-state index contributed by atoms with van der Waals surface area (Å²) in [6.07, 6.45) is 1.42. The first kappa shape index (κ1) is 13.4. The zero-order chi connectivity index (χ0) is 11.4. The highest BCUT2D eigenvalue weighted by Crippen LogP contribution is 2.22. The Morgan fingerprint density at radius 1 is 1.36 bits per heavy atom. The van der Waals surface area contributed by atoms with Gasteiger partial charge in [0.25, 0.3) is 10.1 Å². The topological polar surface area (TPSA) is 97.5 Å². The third-order valence-electron chi connectivity index (χ3n) is 2.12. The van der Waals surface area contributed by atoms with Crippen molar-refractivity contribution in [2.24, 2.45) is 11.1 Å². The van der Waals surface area contributed by atoms with E-state index in [9.17, 15) is 13.2 Å². The zero-order valence-electron chi connectivity index (χ0n) is 8.49. The van der Waals surface area contributed by atoms with Crippen molar-refractivity contribution in [3.8, 4) is 0 Å². The highest BCUT2D eigenvalue weighted by Gasteiger charge is 2.24.